The molecule has 0 amide bonds. The molecular weight excluding hydrogens is 204 g/mol. The van der Waals surface area contributed by atoms with Gasteiger partial charge in [0.05, 0.1) is 10.2 Å². The fourth-order valence-electron chi connectivity index (χ4n) is 1.21. The molecule has 13 heavy (non-hydrogen) atoms. The Morgan fingerprint density at radius 1 is 1.46 bits per heavy atom. The fourth-order valence-corrected chi connectivity index (χ4v) is 2.25. The normalized spacial score (nSPS) is 10.9. The molecule has 0 fully saturated rings. The van der Waals surface area contributed by atoms with E-state index in [1.165, 1.54) is 0 Å². The smallest absolute Gasteiger partial charge is 0.150 e. The van der Waals surface area contributed by atoms with Gasteiger partial charge in [-0.3, -0.25) is 0 Å². The zero-order chi connectivity index (χ0) is 9.26. The van der Waals surface area contributed by atoms with Crippen molar-refractivity contribution in [3.8, 4) is 0 Å². The average molecular weight is 213 g/mol. The molecule has 2 aromatic rings. The number of nitrogens with zero attached hydrogens (tertiary/aromatic N) is 2. The Kier molecular flexibility index (Phi) is 2.47. The summed E-state index contributed by atoms with van der Waals surface area (Å²) in [5, 5.41) is 2.57. The lowest BCUT2D eigenvalue weighted by atomic mass is 10.3. The molecular formula is C9H9ClN2S. The summed E-state index contributed by atoms with van der Waals surface area (Å²) in [4.78, 5) is 8.63. The van der Waals surface area contributed by atoms with Gasteiger partial charge in [-0.25, -0.2) is 9.97 Å². The van der Waals surface area contributed by atoms with Crippen LogP contribution in [0.2, 0.25) is 5.15 Å². The highest BCUT2D eigenvalue weighted by Crippen LogP contribution is 2.25. The molecule has 2 heterocycles. The van der Waals surface area contributed by atoms with Crippen LogP contribution in [0.1, 0.15) is 19.2 Å². The fraction of sp³-hybridized carbons (Fsp3) is 0.333. The van der Waals surface area contributed by atoms with Crippen molar-refractivity contribution >= 4 is 33.2 Å². The molecule has 0 radical (unpaired) electrons. The average Bonchev–Trinajstić information content (AvgIpc) is 2.53. The van der Waals surface area contributed by atoms with Gasteiger partial charge in [0.2, 0.25) is 0 Å². The molecule has 0 aromatic carbocycles. The van der Waals surface area contributed by atoms with Gasteiger partial charge in [-0.2, -0.15) is 0 Å². The highest BCUT2D eigenvalue weighted by Gasteiger charge is 2.05. The topological polar surface area (TPSA) is 25.8 Å². The van der Waals surface area contributed by atoms with E-state index in [0.717, 1.165) is 28.9 Å². The molecule has 0 saturated heterocycles. The lowest BCUT2D eigenvalue weighted by molar-refractivity contribution is 0.845. The first-order valence-electron chi connectivity index (χ1n) is 4.21. The minimum absolute atomic E-state index is 0.587. The second-order valence-corrected chi connectivity index (χ2v) is 4.09. The molecule has 2 rings (SSSR count). The van der Waals surface area contributed by atoms with E-state index in [2.05, 4.69) is 16.9 Å². The van der Waals surface area contributed by atoms with Crippen molar-refractivity contribution < 1.29 is 0 Å². The molecule has 0 aliphatic rings. The Labute approximate surface area is 85.6 Å². The first-order chi connectivity index (χ1) is 6.31. The van der Waals surface area contributed by atoms with Crippen LogP contribution in [0.3, 0.4) is 0 Å². The number of thiophene rings is 1. The van der Waals surface area contributed by atoms with Crippen molar-refractivity contribution in [2.24, 2.45) is 0 Å². The standard InChI is InChI=1S/C9H9ClN2S/c1-2-3-7-11-6-4-5-13-8(6)9(10)12-7/h4-5H,2-3H2,1H3. The van der Waals surface area contributed by atoms with Crippen molar-refractivity contribution in [3.63, 3.8) is 0 Å². The summed E-state index contributed by atoms with van der Waals surface area (Å²) in [6, 6.07) is 1.98. The van der Waals surface area contributed by atoms with Gasteiger partial charge in [0.25, 0.3) is 0 Å². The SMILES string of the molecule is CCCc1nc(Cl)c2sccc2n1. The van der Waals surface area contributed by atoms with Gasteiger partial charge < -0.3 is 0 Å². The quantitative estimate of drug-likeness (QED) is 0.714. The second kappa shape index (κ2) is 3.60. The molecule has 0 aliphatic heterocycles. The van der Waals surface area contributed by atoms with Crippen LogP contribution < -0.4 is 0 Å². The molecule has 0 unspecified atom stereocenters. The van der Waals surface area contributed by atoms with E-state index in [0.29, 0.717) is 5.15 Å². The minimum atomic E-state index is 0.587. The lowest BCUT2D eigenvalue weighted by Gasteiger charge is -1.98. The van der Waals surface area contributed by atoms with Crippen molar-refractivity contribution in [2.75, 3.05) is 0 Å². The van der Waals surface area contributed by atoms with Crippen molar-refractivity contribution in [1.29, 1.82) is 0 Å². The van der Waals surface area contributed by atoms with E-state index < -0.39 is 0 Å². The lowest BCUT2D eigenvalue weighted by Crippen LogP contribution is -1.93. The third-order valence-corrected chi connectivity index (χ3v) is 3.08. The van der Waals surface area contributed by atoms with E-state index >= 15 is 0 Å². The van der Waals surface area contributed by atoms with Crippen LogP contribution in [0.4, 0.5) is 0 Å². The number of rotatable bonds is 2. The third kappa shape index (κ3) is 1.67. The van der Waals surface area contributed by atoms with E-state index in [1.54, 1.807) is 11.3 Å². The third-order valence-electron chi connectivity index (χ3n) is 1.78. The van der Waals surface area contributed by atoms with Crippen LogP contribution in [0.15, 0.2) is 11.4 Å². The van der Waals surface area contributed by atoms with Crippen molar-refractivity contribution in [2.45, 2.75) is 19.8 Å². The number of aromatic nitrogens is 2. The molecule has 0 saturated carbocycles. The number of halogens is 1. The van der Waals surface area contributed by atoms with Crippen molar-refractivity contribution in [3.05, 3.63) is 22.4 Å². The first kappa shape index (κ1) is 8.91. The molecule has 0 N–H and O–H groups in total. The zero-order valence-corrected chi connectivity index (χ0v) is 8.82. The Bertz CT molecular complexity index is 424. The molecule has 0 spiro atoms. The van der Waals surface area contributed by atoms with Gasteiger partial charge in [0.1, 0.15) is 5.82 Å². The summed E-state index contributed by atoms with van der Waals surface area (Å²) in [6.45, 7) is 2.11. The van der Waals surface area contributed by atoms with E-state index in [-0.39, 0.29) is 0 Å². The Hall–Kier alpha value is -0.670. The summed E-state index contributed by atoms with van der Waals surface area (Å²) >= 11 is 7.58. The van der Waals surface area contributed by atoms with Crippen LogP contribution in [-0.4, -0.2) is 9.97 Å². The summed E-state index contributed by atoms with van der Waals surface area (Å²) in [5.74, 6) is 0.846. The largest absolute Gasteiger partial charge is 0.232 e. The number of hydrogen-bond donors (Lipinski definition) is 0. The summed E-state index contributed by atoms with van der Waals surface area (Å²) in [5.41, 5.74) is 0.966. The van der Waals surface area contributed by atoms with Crippen LogP contribution >= 0.6 is 22.9 Å². The van der Waals surface area contributed by atoms with Gasteiger partial charge in [0, 0.05) is 6.42 Å². The Morgan fingerprint density at radius 3 is 3.08 bits per heavy atom. The molecule has 2 nitrogen and oxygen atoms in total. The maximum Gasteiger partial charge on any atom is 0.150 e. The number of fused-ring (bicyclic) bond motifs is 1. The zero-order valence-electron chi connectivity index (χ0n) is 7.25. The van der Waals surface area contributed by atoms with E-state index in [1.807, 2.05) is 11.4 Å². The molecule has 4 heteroatoms. The molecule has 2 aromatic heterocycles. The minimum Gasteiger partial charge on any atom is -0.232 e. The highest BCUT2D eigenvalue weighted by molar-refractivity contribution is 7.17. The molecule has 68 valence electrons. The van der Waals surface area contributed by atoms with Crippen molar-refractivity contribution in [1.82, 2.24) is 9.97 Å². The summed E-state index contributed by atoms with van der Waals surface area (Å²) < 4.78 is 0.988. The maximum absolute atomic E-state index is 6.00. The van der Waals surface area contributed by atoms with Crippen LogP contribution in [0.5, 0.6) is 0 Å². The number of aryl methyl sites for hydroxylation is 1. The molecule has 0 bridgehead atoms. The summed E-state index contributed by atoms with van der Waals surface area (Å²) in [7, 11) is 0. The number of hydrogen-bond acceptors (Lipinski definition) is 3. The van der Waals surface area contributed by atoms with E-state index in [9.17, 15) is 0 Å². The predicted molar refractivity (Wildman–Crippen MR) is 56.4 cm³/mol. The van der Waals surface area contributed by atoms with Crippen LogP contribution in [-0.2, 0) is 6.42 Å². The van der Waals surface area contributed by atoms with Gasteiger partial charge in [0.15, 0.2) is 5.15 Å². The monoisotopic (exact) mass is 212 g/mol. The molecule has 0 aliphatic carbocycles. The first-order valence-corrected chi connectivity index (χ1v) is 5.46. The highest BCUT2D eigenvalue weighted by atomic mass is 35.5. The predicted octanol–water partition coefficient (Wildman–Crippen LogP) is 3.30. The summed E-state index contributed by atoms with van der Waals surface area (Å²) in [6.07, 6.45) is 1.94. The van der Waals surface area contributed by atoms with Crippen LogP contribution in [0.25, 0.3) is 10.2 Å². The second-order valence-electron chi connectivity index (χ2n) is 2.82. The van der Waals surface area contributed by atoms with Gasteiger partial charge in [-0.15, -0.1) is 11.3 Å². The molecule has 0 atom stereocenters. The Morgan fingerprint density at radius 2 is 2.31 bits per heavy atom. The maximum atomic E-state index is 6.00. The Balaban J connectivity index is 2.56. The van der Waals surface area contributed by atoms with Gasteiger partial charge in [-0.05, 0) is 17.9 Å². The van der Waals surface area contributed by atoms with Gasteiger partial charge >= 0.3 is 0 Å². The van der Waals surface area contributed by atoms with Gasteiger partial charge in [-0.1, -0.05) is 18.5 Å². The van der Waals surface area contributed by atoms with Crippen LogP contribution in [0, 0.1) is 0 Å². The van der Waals surface area contributed by atoms with E-state index in [4.69, 9.17) is 11.6 Å².